The summed E-state index contributed by atoms with van der Waals surface area (Å²) >= 11 is 0. The van der Waals surface area contributed by atoms with Crippen LogP contribution in [-0.2, 0) is 5.67 Å². The van der Waals surface area contributed by atoms with Crippen molar-refractivity contribution in [2.24, 2.45) is 0 Å². The maximum Gasteiger partial charge on any atom is 0.130 e. The summed E-state index contributed by atoms with van der Waals surface area (Å²) < 4.78 is 13.4. The third kappa shape index (κ3) is 2.41. The van der Waals surface area contributed by atoms with Crippen LogP contribution < -0.4 is 0 Å². The van der Waals surface area contributed by atoms with Gasteiger partial charge in [-0.25, -0.2) is 4.39 Å². The van der Waals surface area contributed by atoms with Crippen molar-refractivity contribution in [1.82, 2.24) is 0 Å². The zero-order valence-electron chi connectivity index (χ0n) is 8.39. The Morgan fingerprint density at radius 1 is 1.23 bits per heavy atom. The molecule has 0 amide bonds. The van der Waals surface area contributed by atoms with E-state index in [4.69, 9.17) is 0 Å². The van der Waals surface area contributed by atoms with Crippen LogP contribution >= 0.6 is 0 Å². The summed E-state index contributed by atoms with van der Waals surface area (Å²) in [4.78, 5) is 0. The lowest BCUT2D eigenvalue weighted by Crippen LogP contribution is -2.08. The van der Waals surface area contributed by atoms with Gasteiger partial charge in [0.25, 0.3) is 0 Å². The Balaban J connectivity index is 3.01. The average Bonchev–Trinajstić information content (AvgIpc) is 2.03. The number of rotatable bonds is 2. The highest BCUT2D eigenvalue weighted by atomic mass is 19.1. The highest BCUT2D eigenvalue weighted by Gasteiger charge is 2.17. The fourth-order valence-electron chi connectivity index (χ4n) is 1.15. The second kappa shape index (κ2) is 3.33. The molecule has 0 aliphatic rings. The molecule has 0 radical (unpaired) electrons. The standard InChI is InChI=1S/C12H15F/c1-9(2)10-5-7-11(8-6-10)12(3,4)13/h5-8H,1H2,2-4H3. The first-order valence-corrected chi connectivity index (χ1v) is 4.36. The van der Waals surface area contributed by atoms with Crippen LogP contribution in [0.2, 0.25) is 0 Å². The molecule has 0 aliphatic carbocycles. The fraction of sp³-hybridized carbons (Fsp3) is 0.333. The number of hydrogen-bond acceptors (Lipinski definition) is 0. The molecule has 0 spiro atoms. The van der Waals surface area contributed by atoms with E-state index in [2.05, 4.69) is 6.58 Å². The normalized spacial score (nSPS) is 11.4. The minimum Gasteiger partial charge on any atom is -0.239 e. The van der Waals surface area contributed by atoms with Gasteiger partial charge in [-0.3, -0.25) is 0 Å². The van der Waals surface area contributed by atoms with Gasteiger partial charge >= 0.3 is 0 Å². The summed E-state index contributed by atoms with van der Waals surface area (Å²) in [6.45, 7) is 8.88. The van der Waals surface area contributed by atoms with Gasteiger partial charge in [-0.1, -0.05) is 36.4 Å². The van der Waals surface area contributed by atoms with Crippen molar-refractivity contribution in [3.63, 3.8) is 0 Å². The zero-order chi connectivity index (χ0) is 10.1. The predicted octanol–water partition coefficient (Wildman–Crippen LogP) is 3.92. The lowest BCUT2D eigenvalue weighted by molar-refractivity contribution is 0.221. The van der Waals surface area contributed by atoms with Gasteiger partial charge in [0, 0.05) is 0 Å². The molecule has 1 aromatic carbocycles. The third-order valence-corrected chi connectivity index (χ3v) is 2.06. The zero-order valence-corrected chi connectivity index (χ0v) is 8.39. The van der Waals surface area contributed by atoms with Crippen molar-refractivity contribution in [3.05, 3.63) is 42.0 Å². The van der Waals surface area contributed by atoms with E-state index in [-0.39, 0.29) is 0 Å². The molecule has 1 aromatic rings. The second-order valence-electron chi connectivity index (χ2n) is 3.83. The number of alkyl halides is 1. The molecule has 0 nitrogen and oxygen atoms in total. The lowest BCUT2D eigenvalue weighted by Gasteiger charge is -2.14. The molecule has 0 saturated carbocycles. The first-order valence-electron chi connectivity index (χ1n) is 4.36. The quantitative estimate of drug-likeness (QED) is 0.643. The SMILES string of the molecule is C=C(C)c1ccc(C(C)(C)F)cc1. The fourth-order valence-corrected chi connectivity index (χ4v) is 1.15. The first kappa shape index (κ1) is 9.97. The topological polar surface area (TPSA) is 0 Å². The van der Waals surface area contributed by atoms with E-state index in [9.17, 15) is 4.39 Å². The minimum absolute atomic E-state index is 0.706. The number of hydrogen-bond donors (Lipinski definition) is 0. The van der Waals surface area contributed by atoms with Gasteiger partial charge < -0.3 is 0 Å². The molecule has 0 unspecified atom stereocenters. The Kier molecular flexibility index (Phi) is 2.55. The van der Waals surface area contributed by atoms with Crippen LogP contribution in [0.4, 0.5) is 4.39 Å². The van der Waals surface area contributed by atoms with Crippen molar-refractivity contribution >= 4 is 5.57 Å². The molecule has 0 aliphatic heterocycles. The molecule has 70 valence electrons. The Labute approximate surface area is 79.1 Å². The van der Waals surface area contributed by atoms with E-state index in [1.165, 1.54) is 0 Å². The largest absolute Gasteiger partial charge is 0.239 e. The molecule has 1 heteroatoms. The highest BCUT2D eigenvalue weighted by molar-refractivity contribution is 5.61. The minimum atomic E-state index is -1.26. The molecular weight excluding hydrogens is 163 g/mol. The van der Waals surface area contributed by atoms with Crippen molar-refractivity contribution in [2.75, 3.05) is 0 Å². The molecule has 0 N–H and O–H groups in total. The van der Waals surface area contributed by atoms with Crippen LogP contribution in [0.1, 0.15) is 31.9 Å². The summed E-state index contributed by atoms with van der Waals surface area (Å²) in [6.07, 6.45) is 0. The average molecular weight is 178 g/mol. The predicted molar refractivity (Wildman–Crippen MR) is 55.3 cm³/mol. The van der Waals surface area contributed by atoms with E-state index < -0.39 is 5.67 Å². The Bertz CT molecular complexity index is 301. The van der Waals surface area contributed by atoms with E-state index in [0.29, 0.717) is 5.56 Å². The number of allylic oxidation sites excluding steroid dienone is 1. The van der Waals surface area contributed by atoms with Gasteiger partial charge in [0.05, 0.1) is 0 Å². The van der Waals surface area contributed by atoms with Gasteiger partial charge in [0.15, 0.2) is 0 Å². The molecule has 0 saturated heterocycles. The molecular formula is C12H15F. The summed E-state index contributed by atoms with van der Waals surface area (Å²) in [5, 5.41) is 0. The molecule has 0 bridgehead atoms. The maximum absolute atomic E-state index is 13.4. The number of benzene rings is 1. The van der Waals surface area contributed by atoms with Crippen molar-refractivity contribution in [2.45, 2.75) is 26.4 Å². The van der Waals surface area contributed by atoms with Crippen LogP contribution in [0.5, 0.6) is 0 Å². The van der Waals surface area contributed by atoms with Crippen LogP contribution in [-0.4, -0.2) is 0 Å². The molecule has 0 heterocycles. The van der Waals surface area contributed by atoms with Gasteiger partial charge in [-0.15, -0.1) is 0 Å². The van der Waals surface area contributed by atoms with Crippen LogP contribution in [0, 0.1) is 0 Å². The smallest absolute Gasteiger partial charge is 0.130 e. The Morgan fingerprint density at radius 2 is 1.69 bits per heavy atom. The summed E-state index contributed by atoms with van der Waals surface area (Å²) in [5.74, 6) is 0. The van der Waals surface area contributed by atoms with Crippen LogP contribution in [0.15, 0.2) is 30.8 Å². The van der Waals surface area contributed by atoms with Gasteiger partial charge in [0.1, 0.15) is 5.67 Å². The van der Waals surface area contributed by atoms with Crippen molar-refractivity contribution in [3.8, 4) is 0 Å². The van der Waals surface area contributed by atoms with Crippen LogP contribution in [0.3, 0.4) is 0 Å². The molecule has 0 aromatic heterocycles. The van der Waals surface area contributed by atoms with E-state index in [1.54, 1.807) is 13.8 Å². The Hall–Kier alpha value is -1.11. The Morgan fingerprint density at radius 3 is 2.00 bits per heavy atom. The summed E-state index contributed by atoms with van der Waals surface area (Å²) in [6, 6.07) is 7.42. The first-order chi connectivity index (χ1) is 5.91. The summed E-state index contributed by atoms with van der Waals surface area (Å²) in [7, 11) is 0. The molecule has 1 rings (SSSR count). The van der Waals surface area contributed by atoms with Gasteiger partial charge in [0.2, 0.25) is 0 Å². The van der Waals surface area contributed by atoms with E-state index >= 15 is 0 Å². The van der Waals surface area contributed by atoms with E-state index in [0.717, 1.165) is 11.1 Å². The monoisotopic (exact) mass is 178 g/mol. The van der Waals surface area contributed by atoms with Crippen molar-refractivity contribution in [1.29, 1.82) is 0 Å². The molecule has 13 heavy (non-hydrogen) atoms. The lowest BCUT2D eigenvalue weighted by atomic mass is 9.97. The highest BCUT2D eigenvalue weighted by Crippen LogP contribution is 2.25. The second-order valence-corrected chi connectivity index (χ2v) is 3.83. The summed E-state index contributed by atoms with van der Waals surface area (Å²) in [5.41, 5.74) is 1.52. The van der Waals surface area contributed by atoms with Gasteiger partial charge in [-0.05, 0) is 31.9 Å². The van der Waals surface area contributed by atoms with Crippen molar-refractivity contribution < 1.29 is 4.39 Å². The van der Waals surface area contributed by atoms with Crippen LogP contribution in [0.25, 0.3) is 5.57 Å². The third-order valence-electron chi connectivity index (χ3n) is 2.06. The maximum atomic E-state index is 13.4. The van der Waals surface area contributed by atoms with E-state index in [1.807, 2.05) is 31.2 Å². The molecule has 0 fully saturated rings. The van der Waals surface area contributed by atoms with Gasteiger partial charge in [-0.2, -0.15) is 0 Å². The number of halogens is 1. The molecule has 0 atom stereocenters.